The number of nitrogens with zero attached hydrogens (tertiary/aromatic N) is 2. The Kier molecular flexibility index (Phi) is 5.83. The molecule has 2 rings (SSSR count). The van der Waals surface area contributed by atoms with E-state index in [1.807, 2.05) is 25.1 Å². The van der Waals surface area contributed by atoms with Crippen LogP contribution in [0.1, 0.15) is 19.8 Å². The van der Waals surface area contributed by atoms with Gasteiger partial charge in [0.25, 0.3) is 10.0 Å². The molecule has 1 aromatic carbocycles. The van der Waals surface area contributed by atoms with Crippen LogP contribution >= 0.6 is 27.5 Å². The number of aromatic nitrogens is 1. The Morgan fingerprint density at radius 2 is 1.95 bits per heavy atom. The van der Waals surface area contributed by atoms with Crippen LogP contribution in [0.15, 0.2) is 52.0 Å². The highest BCUT2D eigenvalue weighted by Crippen LogP contribution is 2.27. The van der Waals surface area contributed by atoms with Gasteiger partial charge >= 0.3 is 0 Å². The number of pyridine rings is 1. The third kappa shape index (κ3) is 3.80. The lowest BCUT2D eigenvalue weighted by Crippen LogP contribution is -2.32. The Morgan fingerprint density at radius 3 is 2.55 bits per heavy atom. The first-order valence-corrected chi connectivity index (χ1v) is 9.46. The van der Waals surface area contributed by atoms with E-state index in [-0.39, 0.29) is 10.0 Å². The number of halogens is 2. The molecular weight excluding hydrogens is 388 g/mol. The highest BCUT2D eigenvalue weighted by molar-refractivity contribution is 9.10. The van der Waals surface area contributed by atoms with E-state index in [0.717, 1.165) is 12.8 Å². The molecule has 0 bridgehead atoms. The third-order valence-electron chi connectivity index (χ3n) is 3.12. The first kappa shape index (κ1) is 17.2. The van der Waals surface area contributed by atoms with Crippen LogP contribution < -0.4 is 4.31 Å². The van der Waals surface area contributed by atoms with E-state index in [1.54, 1.807) is 12.1 Å². The van der Waals surface area contributed by atoms with E-state index < -0.39 is 10.0 Å². The molecule has 1 aromatic heterocycles. The lowest BCUT2D eigenvalue weighted by Gasteiger charge is -2.24. The molecular formula is C15H16BrClN2O2S. The van der Waals surface area contributed by atoms with Crippen LogP contribution in [0.3, 0.4) is 0 Å². The number of hydrogen-bond acceptors (Lipinski definition) is 3. The van der Waals surface area contributed by atoms with Crippen LogP contribution in [-0.4, -0.2) is 19.9 Å². The van der Waals surface area contributed by atoms with Crippen LogP contribution in [0.2, 0.25) is 5.15 Å². The fourth-order valence-corrected chi connectivity index (χ4v) is 4.04. The predicted octanol–water partition coefficient (Wildman–Crippen LogP) is 4.49. The van der Waals surface area contributed by atoms with Crippen LogP contribution in [0.4, 0.5) is 5.69 Å². The molecule has 0 radical (unpaired) electrons. The third-order valence-corrected chi connectivity index (χ3v) is 6.04. The van der Waals surface area contributed by atoms with Crippen molar-refractivity contribution in [3.05, 3.63) is 52.2 Å². The molecule has 2 aromatic rings. The van der Waals surface area contributed by atoms with E-state index in [9.17, 15) is 8.42 Å². The number of rotatable bonds is 6. The summed E-state index contributed by atoms with van der Waals surface area (Å²) in [6.45, 7) is 2.44. The molecule has 22 heavy (non-hydrogen) atoms. The van der Waals surface area contributed by atoms with Gasteiger partial charge in [-0.3, -0.25) is 4.31 Å². The van der Waals surface area contributed by atoms with Gasteiger partial charge in [0, 0.05) is 12.7 Å². The van der Waals surface area contributed by atoms with E-state index >= 15 is 0 Å². The summed E-state index contributed by atoms with van der Waals surface area (Å²) in [6, 6.07) is 10.5. The smallest absolute Gasteiger partial charge is 0.265 e. The Bertz CT molecular complexity index is 738. The summed E-state index contributed by atoms with van der Waals surface area (Å²) < 4.78 is 27.7. The number of para-hydroxylation sites is 1. The minimum absolute atomic E-state index is 0.115. The highest BCUT2D eigenvalue weighted by atomic mass is 79.9. The average Bonchev–Trinajstić information content (AvgIpc) is 2.51. The van der Waals surface area contributed by atoms with Crippen molar-refractivity contribution < 1.29 is 8.42 Å². The molecule has 0 aliphatic carbocycles. The summed E-state index contributed by atoms with van der Waals surface area (Å²) >= 11 is 9.06. The zero-order valence-electron chi connectivity index (χ0n) is 12.0. The van der Waals surface area contributed by atoms with Gasteiger partial charge in [0.2, 0.25) is 0 Å². The normalized spacial score (nSPS) is 11.4. The van der Waals surface area contributed by atoms with E-state index in [2.05, 4.69) is 20.9 Å². The largest absolute Gasteiger partial charge is 0.266 e. The molecule has 1 heterocycles. The maximum atomic E-state index is 12.9. The summed E-state index contributed by atoms with van der Waals surface area (Å²) in [7, 11) is -3.68. The monoisotopic (exact) mass is 402 g/mol. The number of unbranched alkanes of at least 4 members (excludes halogenated alkanes) is 1. The number of hydrogen-bond donors (Lipinski definition) is 0. The molecule has 0 unspecified atom stereocenters. The lowest BCUT2D eigenvalue weighted by atomic mass is 10.3. The van der Waals surface area contributed by atoms with Gasteiger partial charge in [-0.1, -0.05) is 43.1 Å². The molecule has 0 spiro atoms. The zero-order valence-corrected chi connectivity index (χ0v) is 15.2. The Morgan fingerprint density at radius 1 is 1.27 bits per heavy atom. The lowest BCUT2D eigenvalue weighted by molar-refractivity contribution is 0.588. The zero-order chi connectivity index (χ0) is 16.2. The van der Waals surface area contributed by atoms with Crippen LogP contribution in [0.5, 0.6) is 0 Å². The molecule has 4 nitrogen and oxygen atoms in total. The minimum atomic E-state index is -3.68. The minimum Gasteiger partial charge on any atom is -0.266 e. The van der Waals surface area contributed by atoms with Gasteiger partial charge in [-0.15, -0.1) is 0 Å². The molecule has 0 aliphatic heterocycles. The quantitative estimate of drug-likeness (QED) is 0.668. The van der Waals surface area contributed by atoms with Crippen molar-refractivity contribution in [2.45, 2.75) is 24.7 Å². The Balaban J connectivity index is 2.46. The first-order chi connectivity index (χ1) is 10.5. The van der Waals surface area contributed by atoms with Gasteiger partial charge < -0.3 is 0 Å². The van der Waals surface area contributed by atoms with E-state index in [1.165, 1.54) is 16.6 Å². The van der Waals surface area contributed by atoms with Gasteiger partial charge in [0.15, 0.2) is 0 Å². The van der Waals surface area contributed by atoms with Gasteiger partial charge in [-0.25, -0.2) is 13.4 Å². The molecule has 0 N–H and O–H groups in total. The maximum Gasteiger partial charge on any atom is 0.265 e. The van der Waals surface area contributed by atoms with E-state index in [4.69, 9.17) is 11.6 Å². The van der Waals surface area contributed by atoms with Crippen LogP contribution in [0.25, 0.3) is 0 Å². The van der Waals surface area contributed by atoms with Crippen LogP contribution in [-0.2, 0) is 10.0 Å². The van der Waals surface area contributed by atoms with Gasteiger partial charge in [-0.2, -0.15) is 0 Å². The molecule has 7 heteroatoms. The highest BCUT2D eigenvalue weighted by Gasteiger charge is 2.25. The average molecular weight is 404 g/mol. The summed E-state index contributed by atoms with van der Waals surface area (Å²) in [5, 5.41) is 0.235. The number of sulfonamides is 1. The van der Waals surface area contributed by atoms with Crippen molar-refractivity contribution >= 4 is 43.2 Å². The summed E-state index contributed by atoms with van der Waals surface area (Å²) in [5.41, 5.74) is 0.641. The molecule has 0 saturated carbocycles. The SMILES string of the molecule is CCCCN(c1ccccc1)S(=O)(=O)c1cnc(Cl)c(Br)c1. The second-order valence-electron chi connectivity index (χ2n) is 4.71. The van der Waals surface area contributed by atoms with Crippen molar-refractivity contribution in [1.29, 1.82) is 0 Å². The molecule has 118 valence electrons. The van der Waals surface area contributed by atoms with Crippen molar-refractivity contribution in [2.24, 2.45) is 0 Å². The fourth-order valence-electron chi connectivity index (χ4n) is 1.96. The molecule has 0 aliphatic rings. The second-order valence-corrected chi connectivity index (χ2v) is 7.78. The maximum absolute atomic E-state index is 12.9. The number of anilines is 1. The van der Waals surface area contributed by atoms with Crippen molar-refractivity contribution in [3.63, 3.8) is 0 Å². The van der Waals surface area contributed by atoms with Crippen molar-refractivity contribution in [1.82, 2.24) is 4.98 Å². The fraction of sp³-hybridized carbons (Fsp3) is 0.267. The predicted molar refractivity (Wildman–Crippen MR) is 92.8 cm³/mol. The molecule has 0 atom stereocenters. The first-order valence-electron chi connectivity index (χ1n) is 6.85. The summed E-state index contributed by atoms with van der Waals surface area (Å²) in [5.74, 6) is 0. The van der Waals surface area contributed by atoms with E-state index in [0.29, 0.717) is 16.7 Å². The van der Waals surface area contributed by atoms with Gasteiger partial charge in [0.1, 0.15) is 10.0 Å². The van der Waals surface area contributed by atoms with Gasteiger partial charge in [0.05, 0.1) is 10.2 Å². The van der Waals surface area contributed by atoms with Crippen molar-refractivity contribution in [2.75, 3.05) is 10.8 Å². The Hall–Kier alpha value is -1.11. The second kappa shape index (κ2) is 7.44. The summed E-state index contributed by atoms with van der Waals surface area (Å²) in [6.07, 6.45) is 2.96. The molecule has 0 amide bonds. The molecule has 0 saturated heterocycles. The number of benzene rings is 1. The van der Waals surface area contributed by atoms with Crippen LogP contribution in [0, 0.1) is 0 Å². The van der Waals surface area contributed by atoms with Crippen molar-refractivity contribution in [3.8, 4) is 0 Å². The Labute approximate surface area is 144 Å². The van der Waals surface area contributed by atoms with Gasteiger partial charge in [-0.05, 0) is 40.5 Å². The summed E-state index contributed by atoms with van der Waals surface area (Å²) in [4.78, 5) is 4.03. The standard InChI is InChI=1S/C15H16BrClN2O2S/c1-2-3-9-19(12-7-5-4-6-8-12)22(20,21)13-10-14(16)15(17)18-11-13/h4-8,10-11H,2-3,9H2,1H3. The topological polar surface area (TPSA) is 50.3 Å². The molecule has 0 fully saturated rings.